The zero-order valence-electron chi connectivity index (χ0n) is 12.4. The molecule has 1 atom stereocenters. The summed E-state index contributed by atoms with van der Waals surface area (Å²) in [6.45, 7) is 5.63. The average molecular weight is 304 g/mol. The second-order valence-corrected chi connectivity index (χ2v) is 7.05. The molecule has 5 heteroatoms. The van der Waals surface area contributed by atoms with Gasteiger partial charge >= 0.3 is 0 Å². The maximum atomic E-state index is 12.4. The lowest BCUT2D eigenvalue weighted by molar-refractivity contribution is 0.567. The third-order valence-electron chi connectivity index (χ3n) is 3.29. The van der Waals surface area contributed by atoms with Gasteiger partial charge in [-0.1, -0.05) is 29.8 Å². The first kappa shape index (κ1) is 15.5. The van der Waals surface area contributed by atoms with Gasteiger partial charge in [0.2, 0.25) is 10.0 Å². The lowest BCUT2D eigenvalue weighted by atomic mass is 10.1. The molecule has 0 aliphatic carbocycles. The van der Waals surface area contributed by atoms with Gasteiger partial charge in [0, 0.05) is 11.7 Å². The second kappa shape index (κ2) is 5.87. The molecule has 112 valence electrons. The van der Waals surface area contributed by atoms with Gasteiger partial charge < -0.3 is 5.73 Å². The van der Waals surface area contributed by atoms with Crippen LogP contribution in [0.15, 0.2) is 47.4 Å². The highest BCUT2D eigenvalue weighted by atomic mass is 32.2. The molecule has 0 heterocycles. The first-order valence-electron chi connectivity index (χ1n) is 6.74. The summed E-state index contributed by atoms with van der Waals surface area (Å²) < 4.78 is 27.5. The van der Waals surface area contributed by atoms with Crippen LogP contribution in [0.2, 0.25) is 0 Å². The van der Waals surface area contributed by atoms with Gasteiger partial charge in [-0.25, -0.2) is 13.1 Å². The number of nitrogens with two attached hydrogens (primary N) is 1. The van der Waals surface area contributed by atoms with Crippen molar-refractivity contribution < 1.29 is 8.42 Å². The molecule has 0 saturated heterocycles. The zero-order chi connectivity index (χ0) is 15.6. The van der Waals surface area contributed by atoms with E-state index in [4.69, 9.17) is 5.73 Å². The number of aryl methyl sites for hydroxylation is 2. The number of nitrogens with one attached hydrogen (secondary N) is 1. The van der Waals surface area contributed by atoms with Crippen molar-refractivity contribution in [1.29, 1.82) is 0 Å². The summed E-state index contributed by atoms with van der Waals surface area (Å²) in [7, 11) is -3.59. The van der Waals surface area contributed by atoms with Crippen LogP contribution >= 0.6 is 0 Å². The number of nitrogen functional groups attached to an aromatic ring is 1. The Hall–Kier alpha value is -1.85. The Morgan fingerprint density at radius 3 is 2.19 bits per heavy atom. The average Bonchev–Trinajstić information content (AvgIpc) is 2.37. The maximum absolute atomic E-state index is 12.4. The Bertz CT molecular complexity index is 717. The summed E-state index contributed by atoms with van der Waals surface area (Å²) in [6.07, 6.45) is 0. The summed E-state index contributed by atoms with van der Waals surface area (Å²) in [4.78, 5) is 0.193. The second-order valence-electron chi connectivity index (χ2n) is 5.33. The highest BCUT2D eigenvalue weighted by molar-refractivity contribution is 7.89. The minimum Gasteiger partial charge on any atom is -0.399 e. The van der Waals surface area contributed by atoms with Crippen molar-refractivity contribution in [3.05, 3.63) is 59.2 Å². The van der Waals surface area contributed by atoms with Gasteiger partial charge in [-0.05, 0) is 50.1 Å². The largest absolute Gasteiger partial charge is 0.399 e. The standard InChI is InChI=1S/C16H20N2O2S/c1-11-4-6-14(7-5-11)13(3)18-21(19,20)16-9-12(2)8-15(17)10-16/h4-10,13,18H,17H2,1-3H3. The van der Waals surface area contributed by atoms with E-state index < -0.39 is 10.0 Å². The molecule has 0 aromatic heterocycles. The molecule has 0 amide bonds. The van der Waals surface area contributed by atoms with E-state index in [1.54, 1.807) is 12.1 Å². The fraction of sp³-hybridized carbons (Fsp3) is 0.250. The third-order valence-corrected chi connectivity index (χ3v) is 4.81. The molecule has 0 bridgehead atoms. The number of rotatable bonds is 4. The number of anilines is 1. The highest BCUT2D eigenvalue weighted by Gasteiger charge is 2.19. The van der Waals surface area contributed by atoms with Crippen molar-refractivity contribution in [2.45, 2.75) is 31.7 Å². The Labute approximate surface area is 126 Å². The van der Waals surface area contributed by atoms with E-state index in [0.29, 0.717) is 5.69 Å². The molecule has 21 heavy (non-hydrogen) atoms. The fourth-order valence-electron chi connectivity index (χ4n) is 2.16. The first-order valence-corrected chi connectivity index (χ1v) is 8.22. The van der Waals surface area contributed by atoms with E-state index in [9.17, 15) is 8.42 Å². The number of hydrogen-bond acceptors (Lipinski definition) is 3. The molecular formula is C16H20N2O2S. The predicted octanol–water partition coefficient (Wildman–Crippen LogP) is 2.93. The highest BCUT2D eigenvalue weighted by Crippen LogP contribution is 2.20. The minimum absolute atomic E-state index is 0.193. The summed E-state index contributed by atoms with van der Waals surface area (Å²) >= 11 is 0. The Morgan fingerprint density at radius 2 is 1.62 bits per heavy atom. The van der Waals surface area contributed by atoms with Crippen molar-refractivity contribution in [3.63, 3.8) is 0 Å². The lowest BCUT2D eigenvalue weighted by Crippen LogP contribution is -2.27. The molecule has 0 aliphatic heterocycles. The van der Waals surface area contributed by atoms with E-state index in [-0.39, 0.29) is 10.9 Å². The van der Waals surface area contributed by atoms with Crippen LogP contribution in [0.3, 0.4) is 0 Å². The van der Waals surface area contributed by atoms with E-state index in [1.807, 2.05) is 45.0 Å². The SMILES string of the molecule is Cc1ccc(C(C)NS(=O)(=O)c2cc(C)cc(N)c2)cc1. The molecular weight excluding hydrogens is 284 g/mol. The molecule has 4 nitrogen and oxygen atoms in total. The van der Waals surface area contributed by atoms with Gasteiger partial charge in [-0.15, -0.1) is 0 Å². The Kier molecular flexibility index (Phi) is 4.34. The van der Waals surface area contributed by atoms with Crippen LogP contribution in [-0.4, -0.2) is 8.42 Å². The number of hydrogen-bond donors (Lipinski definition) is 2. The molecule has 0 fully saturated rings. The third kappa shape index (κ3) is 3.83. The van der Waals surface area contributed by atoms with Gasteiger partial charge in [-0.3, -0.25) is 0 Å². The summed E-state index contributed by atoms with van der Waals surface area (Å²) in [6, 6.07) is 12.3. The van der Waals surface area contributed by atoms with Crippen molar-refractivity contribution in [2.24, 2.45) is 0 Å². The van der Waals surface area contributed by atoms with Crippen LogP contribution in [0.4, 0.5) is 5.69 Å². The Morgan fingerprint density at radius 1 is 1.00 bits per heavy atom. The molecule has 3 N–H and O–H groups in total. The maximum Gasteiger partial charge on any atom is 0.241 e. The molecule has 2 aromatic carbocycles. The zero-order valence-corrected chi connectivity index (χ0v) is 13.2. The van der Waals surface area contributed by atoms with Crippen LogP contribution in [0, 0.1) is 13.8 Å². The van der Waals surface area contributed by atoms with Gasteiger partial charge in [0.05, 0.1) is 4.90 Å². The van der Waals surface area contributed by atoms with Crippen molar-refractivity contribution in [2.75, 3.05) is 5.73 Å². The van der Waals surface area contributed by atoms with E-state index >= 15 is 0 Å². The van der Waals surface area contributed by atoms with Crippen molar-refractivity contribution in [3.8, 4) is 0 Å². The van der Waals surface area contributed by atoms with Crippen LogP contribution in [0.1, 0.15) is 29.7 Å². The predicted molar refractivity (Wildman–Crippen MR) is 85.5 cm³/mol. The molecule has 0 spiro atoms. The van der Waals surface area contributed by atoms with Crippen molar-refractivity contribution in [1.82, 2.24) is 4.72 Å². The van der Waals surface area contributed by atoms with E-state index in [2.05, 4.69) is 4.72 Å². The van der Waals surface area contributed by atoms with Crippen LogP contribution < -0.4 is 10.5 Å². The number of benzene rings is 2. The van der Waals surface area contributed by atoms with E-state index in [0.717, 1.165) is 16.7 Å². The van der Waals surface area contributed by atoms with E-state index in [1.165, 1.54) is 6.07 Å². The molecule has 2 aromatic rings. The fourth-order valence-corrected chi connectivity index (χ4v) is 3.53. The summed E-state index contributed by atoms with van der Waals surface area (Å²) in [5.74, 6) is 0. The molecule has 0 aliphatic rings. The normalized spacial score (nSPS) is 13.1. The quantitative estimate of drug-likeness (QED) is 0.853. The Balaban J connectivity index is 2.26. The van der Waals surface area contributed by atoms with Gasteiger partial charge in [0.1, 0.15) is 0 Å². The van der Waals surface area contributed by atoms with Gasteiger partial charge in [0.25, 0.3) is 0 Å². The summed E-state index contributed by atoms with van der Waals surface area (Å²) in [5, 5.41) is 0. The number of sulfonamides is 1. The first-order chi connectivity index (χ1) is 9.78. The van der Waals surface area contributed by atoms with Gasteiger partial charge in [0.15, 0.2) is 0 Å². The molecule has 0 radical (unpaired) electrons. The van der Waals surface area contributed by atoms with Gasteiger partial charge in [-0.2, -0.15) is 0 Å². The molecule has 1 unspecified atom stereocenters. The smallest absolute Gasteiger partial charge is 0.241 e. The monoisotopic (exact) mass is 304 g/mol. The molecule has 0 saturated carbocycles. The van der Waals surface area contributed by atoms with Crippen LogP contribution in [0.25, 0.3) is 0 Å². The minimum atomic E-state index is -3.59. The van der Waals surface area contributed by atoms with Crippen LogP contribution in [0.5, 0.6) is 0 Å². The topological polar surface area (TPSA) is 72.2 Å². The summed E-state index contributed by atoms with van der Waals surface area (Å²) in [5.41, 5.74) is 9.04. The molecule has 2 rings (SSSR count). The lowest BCUT2D eigenvalue weighted by Gasteiger charge is -2.15. The van der Waals surface area contributed by atoms with Crippen molar-refractivity contribution >= 4 is 15.7 Å². The van der Waals surface area contributed by atoms with Crippen LogP contribution in [-0.2, 0) is 10.0 Å².